The first-order valence-corrected chi connectivity index (χ1v) is 8.18. The molecule has 1 atom stereocenters. The van der Waals surface area contributed by atoms with Crippen LogP contribution in [-0.4, -0.2) is 39.3 Å². The summed E-state index contributed by atoms with van der Waals surface area (Å²) in [5.41, 5.74) is -0.106. The van der Waals surface area contributed by atoms with Crippen molar-refractivity contribution in [2.24, 2.45) is 5.41 Å². The van der Waals surface area contributed by atoms with Gasteiger partial charge < -0.3 is 4.74 Å². The lowest BCUT2D eigenvalue weighted by Crippen LogP contribution is -2.38. The Hall–Kier alpha value is 0.160. The van der Waals surface area contributed by atoms with Crippen molar-refractivity contribution in [1.29, 1.82) is 0 Å². The van der Waals surface area contributed by atoms with E-state index in [9.17, 15) is 8.42 Å². The maximum atomic E-state index is 11.8. The first kappa shape index (κ1) is 15.2. The number of alkyl halides is 1. The van der Waals surface area contributed by atoms with Gasteiger partial charge in [-0.25, -0.2) is 13.1 Å². The van der Waals surface area contributed by atoms with Gasteiger partial charge in [-0.1, -0.05) is 13.8 Å². The Balaban J connectivity index is 2.38. The minimum atomic E-state index is -3.23. The Morgan fingerprint density at radius 3 is 2.71 bits per heavy atom. The molecule has 0 aromatic carbocycles. The molecule has 1 heterocycles. The number of sulfonamides is 1. The molecular formula is C11H22ClNO3S. The number of halogens is 1. The Bertz CT molecular complexity index is 324. The van der Waals surface area contributed by atoms with Crippen LogP contribution >= 0.6 is 11.6 Å². The minimum Gasteiger partial charge on any atom is -0.377 e. The van der Waals surface area contributed by atoms with Gasteiger partial charge in [0.05, 0.1) is 11.9 Å². The molecule has 0 saturated carbocycles. The third-order valence-electron chi connectivity index (χ3n) is 2.97. The first-order valence-electron chi connectivity index (χ1n) is 5.99. The number of hydrogen-bond acceptors (Lipinski definition) is 3. The molecule has 0 amide bonds. The van der Waals surface area contributed by atoms with E-state index in [-0.39, 0.29) is 17.3 Å². The highest BCUT2D eigenvalue weighted by Crippen LogP contribution is 2.20. The van der Waals surface area contributed by atoms with Crippen LogP contribution in [0.4, 0.5) is 0 Å². The van der Waals surface area contributed by atoms with E-state index >= 15 is 0 Å². The predicted octanol–water partition coefficient (Wildman–Crippen LogP) is 1.74. The number of ether oxygens (including phenoxy) is 1. The molecule has 1 N–H and O–H groups in total. The van der Waals surface area contributed by atoms with E-state index in [0.717, 1.165) is 19.3 Å². The van der Waals surface area contributed by atoms with Crippen molar-refractivity contribution >= 4 is 21.6 Å². The van der Waals surface area contributed by atoms with Crippen molar-refractivity contribution in [3.63, 3.8) is 0 Å². The maximum Gasteiger partial charge on any atom is 0.214 e. The van der Waals surface area contributed by atoms with Gasteiger partial charge in [-0.05, 0) is 24.7 Å². The van der Waals surface area contributed by atoms with E-state index in [2.05, 4.69) is 4.72 Å². The second-order valence-corrected chi connectivity index (χ2v) is 7.57. The Kier molecular flexibility index (Phi) is 5.70. The summed E-state index contributed by atoms with van der Waals surface area (Å²) in [6.07, 6.45) is 2.45. The van der Waals surface area contributed by atoms with Crippen molar-refractivity contribution in [3.8, 4) is 0 Å². The zero-order chi connectivity index (χ0) is 12.9. The molecule has 1 aliphatic rings. The normalized spacial score (nSPS) is 21.9. The molecule has 17 heavy (non-hydrogen) atoms. The van der Waals surface area contributed by atoms with Crippen LogP contribution in [-0.2, 0) is 14.8 Å². The summed E-state index contributed by atoms with van der Waals surface area (Å²) in [5, 5.41) is 0. The van der Waals surface area contributed by atoms with Crippen LogP contribution < -0.4 is 4.72 Å². The molecule has 4 nitrogen and oxygen atoms in total. The predicted molar refractivity (Wildman–Crippen MR) is 69.9 cm³/mol. The zero-order valence-electron chi connectivity index (χ0n) is 10.5. The molecule has 0 aliphatic carbocycles. The van der Waals surface area contributed by atoms with Gasteiger partial charge in [0.25, 0.3) is 0 Å². The lowest BCUT2D eigenvalue weighted by molar-refractivity contribution is 0.127. The van der Waals surface area contributed by atoms with Crippen molar-refractivity contribution in [2.75, 3.05) is 24.8 Å². The summed E-state index contributed by atoms with van der Waals surface area (Å²) in [4.78, 5) is 0. The fourth-order valence-corrected chi connectivity index (χ4v) is 3.72. The van der Waals surface area contributed by atoms with Crippen LogP contribution in [0.2, 0.25) is 0 Å². The van der Waals surface area contributed by atoms with Gasteiger partial charge in [-0.2, -0.15) is 0 Å². The van der Waals surface area contributed by atoms with Crippen molar-refractivity contribution in [1.82, 2.24) is 4.72 Å². The average Bonchev–Trinajstić information content (AvgIpc) is 2.67. The Morgan fingerprint density at radius 1 is 1.47 bits per heavy atom. The van der Waals surface area contributed by atoms with E-state index < -0.39 is 10.0 Å². The summed E-state index contributed by atoms with van der Waals surface area (Å²) >= 11 is 5.68. The number of rotatable bonds is 7. The van der Waals surface area contributed by atoms with E-state index in [0.29, 0.717) is 19.0 Å². The van der Waals surface area contributed by atoms with Crippen molar-refractivity contribution < 1.29 is 13.2 Å². The van der Waals surface area contributed by atoms with E-state index in [1.54, 1.807) is 0 Å². The highest BCUT2D eigenvalue weighted by atomic mass is 35.5. The molecule has 0 aromatic heterocycles. The molecule has 1 saturated heterocycles. The lowest BCUT2D eigenvalue weighted by atomic mass is 9.91. The van der Waals surface area contributed by atoms with Gasteiger partial charge in [0.1, 0.15) is 0 Å². The van der Waals surface area contributed by atoms with E-state index in [4.69, 9.17) is 16.3 Å². The van der Waals surface area contributed by atoms with Crippen LogP contribution in [0.3, 0.4) is 0 Å². The monoisotopic (exact) mass is 283 g/mol. The standard InChI is InChI=1S/C11H22ClNO3S/c1-11(2,5-6-12)9-13-17(14,15)8-10-4-3-7-16-10/h10,13H,3-9H2,1-2H3. The Morgan fingerprint density at radius 2 is 2.18 bits per heavy atom. The van der Waals surface area contributed by atoms with Crippen LogP contribution in [0.25, 0.3) is 0 Å². The second kappa shape index (κ2) is 6.36. The number of hydrogen-bond donors (Lipinski definition) is 1. The van der Waals surface area contributed by atoms with Crippen molar-refractivity contribution in [3.05, 3.63) is 0 Å². The van der Waals surface area contributed by atoms with Gasteiger partial charge >= 0.3 is 0 Å². The molecule has 1 unspecified atom stereocenters. The minimum absolute atomic E-state index is 0.0734. The SMILES string of the molecule is CC(C)(CCCl)CNS(=O)(=O)CC1CCCO1. The van der Waals surface area contributed by atoms with Crippen molar-refractivity contribution in [2.45, 2.75) is 39.2 Å². The molecule has 0 aromatic rings. The van der Waals surface area contributed by atoms with Gasteiger partial charge in [0.2, 0.25) is 10.0 Å². The molecule has 1 aliphatic heterocycles. The molecule has 0 bridgehead atoms. The van der Waals surface area contributed by atoms with Gasteiger partial charge in [0, 0.05) is 19.0 Å². The Labute approximate surface area is 109 Å². The largest absolute Gasteiger partial charge is 0.377 e. The van der Waals surface area contributed by atoms with Gasteiger partial charge in [0.15, 0.2) is 0 Å². The van der Waals surface area contributed by atoms with E-state index in [1.807, 2.05) is 13.8 Å². The third-order valence-corrected chi connectivity index (χ3v) is 4.55. The average molecular weight is 284 g/mol. The lowest BCUT2D eigenvalue weighted by Gasteiger charge is -2.24. The summed E-state index contributed by atoms with van der Waals surface area (Å²) in [6, 6.07) is 0. The zero-order valence-corrected chi connectivity index (χ0v) is 12.1. The molecule has 0 radical (unpaired) electrons. The maximum absolute atomic E-state index is 11.8. The second-order valence-electron chi connectivity index (χ2n) is 5.34. The molecule has 1 rings (SSSR count). The van der Waals surface area contributed by atoms with Crippen LogP contribution in [0.1, 0.15) is 33.1 Å². The molecule has 1 fully saturated rings. The third kappa shape index (κ3) is 6.04. The van der Waals surface area contributed by atoms with Crippen LogP contribution in [0, 0.1) is 5.41 Å². The highest BCUT2D eigenvalue weighted by molar-refractivity contribution is 7.89. The first-order chi connectivity index (χ1) is 7.85. The molecule has 6 heteroatoms. The van der Waals surface area contributed by atoms with Gasteiger partial charge in [-0.3, -0.25) is 0 Å². The smallest absolute Gasteiger partial charge is 0.214 e. The van der Waals surface area contributed by atoms with Crippen LogP contribution in [0.5, 0.6) is 0 Å². The fraction of sp³-hybridized carbons (Fsp3) is 1.00. The highest BCUT2D eigenvalue weighted by Gasteiger charge is 2.25. The fourth-order valence-electron chi connectivity index (χ4n) is 1.73. The summed E-state index contributed by atoms with van der Waals surface area (Å²) < 4.78 is 31.6. The molecule has 0 spiro atoms. The summed E-state index contributed by atoms with van der Waals surface area (Å²) in [5.74, 6) is 0.615. The summed E-state index contributed by atoms with van der Waals surface area (Å²) in [7, 11) is -3.23. The molecular weight excluding hydrogens is 262 g/mol. The van der Waals surface area contributed by atoms with E-state index in [1.165, 1.54) is 0 Å². The molecule has 102 valence electrons. The van der Waals surface area contributed by atoms with Crippen LogP contribution in [0.15, 0.2) is 0 Å². The topological polar surface area (TPSA) is 55.4 Å². The van der Waals surface area contributed by atoms with Gasteiger partial charge in [-0.15, -0.1) is 11.6 Å². The number of nitrogens with one attached hydrogen (secondary N) is 1. The quantitative estimate of drug-likeness (QED) is 0.724. The summed E-state index contributed by atoms with van der Waals surface area (Å²) in [6.45, 7) is 5.11.